The summed E-state index contributed by atoms with van der Waals surface area (Å²) in [6, 6.07) is 19.2. The summed E-state index contributed by atoms with van der Waals surface area (Å²) in [6.07, 6.45) is 1.57. The van der Waals surface area contributed by atoms with E-state index in [1.807, 2.05) is 30.3 Å². The van der Waals surface area contributed by atoms with Crippen LogP contribution in [0.15, 0.2) is 90.2 Å². The number of halogens is 3. The molecule has 1 fully saturated rings. The number of benzene rings is 2. The van der Waals surface area contributed by atoms with Gasteiger partial charge in [-0.3, -0.25) is 0 Å². The van der Waals surface area contributed by atoms with Crippen molar-refractivity contribution in [3.05, 3.63) is 102 Å². The third kappa shape index (κ3) is 5.77. The molecule has 4 heterocycles. The van der Waals surface area contributed by atoms with Crippen molar-refractivity contribution in [2.24, 2.45) is 0 Å². The Bertz CT molecular complexity index is 1880. The number of aromatic nitrogens is 4. The van der Waals surface area contributed by atoms with Crippen molar-refractivity contribution in [3.63, 3.8) is 0 Å². The molecular formula is C30H26F3N5O4S. The summed E-state index contributed by atoms with van der Waals surface area (Å²) in [5.41, 5.74) is 2.43. The largest absolute Gasteiger partial charge is 0.493 e. The molecule has 5 aromatic rings. The fourth-order valence-corrected chi connectivity index (χ4v) is 6.73. The van der Waals surface area contributed by atoms with Crippen LogP contribution in [0.5, 0.6) is 0 Å². The summed E-state index contributed by atoms with van der Waals surface area (Å²) in [6.45, 7) is 0.994. The molecule has 0 aliphatic carbocycles. The van der Waals surface area contributed by atoms with Crippen LogP contribution in [0.25, 0.3) is 22.2 Å². The monoisotopic (exact) mass is 609 g/mol. The second-order valence-corrected chi connectivity index (χ2v) is 12.1. The van der Waals surface area contributed by atoms with E-state index in [0.29, 0.717) is 41.8 Å². The minimum Gasteiger partial charge on any atom is -0.329 e. The molecule has 0 bridgehead atoms. The highest BCUT2D eigenvalue weighted by Gasteiger charge is 2.42. The predicted octanol–water partition coefficient (Wildman–Crippen LogP) is 4.84. The minimum atomic E-state index is -5.23. The third-order valence-corrected chi connectivity index (χ3v) is 9.26. The van der Waals surface area contributed by atoms with E-state index >= 15 is 0 Å². The molecule has 0 atom stereocenters. The molecule has 0 saturated carbocycles. The zero-order chi connectivity index (χ0) is 30.2. The number of rotatable bonds is 8. The quantitative estimate of drug-likeness (QED) is 0.250. The molecule has 13 heteroatoms. The van der Waals surface area contributed by atoms with E-state index in [4.69, 9.17) is 4.84 Å². The van der Waals surface area contributed by atoms with Crippen LogP contribution >= 0.6 is 0 Å². The third-order valence-electron chi connectivity index (χ3n) is 7.35. The molecule has 0 spiro atoms. The zero-order valence-corrected chi connectivity index (χ0v) is 23.6. The summed E-state index contributed by atoms with van der Waals surface area (Å²) in [4.78, 5) is 25.6. The summed E-state index contributed by atoms with van der Waals surface area (Å²) >= 11 is 0. The normalized spacial score (nSPS) is 14.4. The minimum absolute atomic E-state index is 0.00332. The van der Waals surface area contributed by atoms with Crippen LogP contribution in [0.1, 0.15) is 29.9 Å². The van der Waals surface area contributed by atoms with E-state index in [2.05, 4.69) is 9.97 Å². The Morgan fingerprint density at radius 2 is 1.65 bits per heavy atom. The number of pyridine rings is 1. The number of carbonyl (C=O) groups is 1. The lowest BCUT2D eigenvalue weighted by molar-refractivity contribution is -0.199. The van der Waals surface area contributed by atoms with Gasteiger partial charge in [-0.2, -0.15) is 22.2 Å². The van der Waals surface area contributed by atoms with Gasteiger partial charge in [0.25, 0.3) is 0 Å². The van der Waals surface area contributed by atoms with E-state index in [0.717, 1.165) is 23.1 Å². The van der Waals surface area contributed by atoms with Crippen LogP contribution in [-0.4, -0.2) is 57.2 Å². The summed E-state index contributed by atoms with van der Waals surface area (Å²) in [5, 5.41) is 0.423. The van der Waals surface area contributed by atoms with Crippen molar-refractivity contribution in [2.45, 2.75) is 36.9 Å². The first kappa shape index (κ1) is 28.6. The van der Waals surface area contributed by atoms with Gasteiger partial charge in [0.1, 0.15) is 5.82 Å². The van der Waals surface area contributed by atoms with Gasteiger partial charge in [-0.05, 0) is 53.8 Å². The molecule has 9 nitrogen and oxygen atoms in total. The molecule has 0 amide bonds. The van der Waals surface area contributed by atoms with Crippen LogP contribution < -0.4 is 4.84 Å². The van der Waals surface area contributed by atoms with E-state index in [9.17, 15) is 26.4 Å². The van der Waals surface area contributed by atoms with E-state index < -0.39 is 22.2 Å². The molecule has 3 aromatic heterocycles. The fraction of sp³-hybridized carbons (Fsp3) is 0.233. The van der Waals surface area contributed by atoms with Crippen LogP contribution in [0.3, 0.4) is 0 Å². The highest BCUT2D eigenvalue weighted by molar-refractivity contribution is 7.89. The number of nitrogens with zero attached hydrogens (tertiary/aromatic N) is 5. The molecule has 0 radical (unpaired) electrons. The Morgan fingerprint density at radius 3 is 2.35 bits per heavy atom. The first-order valence-corrected chi connectivity index (χ1v) is 15.0. The summed E-state index contributed by atoms with van der Waals surface area (Å²) in [7, 11) is -3.62. The van der Waals surface area contributed by atoms with Gasteiger partial charge in [-0.25, -0.2) is 23.2 Å². The average molecular weight is 610 g/mol. The number of alkyl halides is 3. The van der Waals surface area contributed by atoms with Crippen LogP contribution in [-0.2, 0) is 27.8 Å². The van der Waals surface area contributed by atoms with Gasteiger partial charge in [-0.15, -0.1) is 0 Å². The molecule has 6 rings (SSSR count). The van der Waals surface area contributed by atoms with Gasteiger partial charge in [0, 0.05) is 43.5 Å². The van der Waals surface area contributed by atoms with E-state index in [1.165, 1.54) is 22.6 Å². The van der Waals surface area contributed by atoms with Gasteiger partial charge < -0.3 is 9.40 Å². The fourth-order valence-electron chi connectivity index (χ4n) is 5.21. The average Bonchev–Trinajstić information content (AvgIpc) is 3.75. The highest BCUT2D eigenvalue weighted by atomic mass is 32.2. The van der Waals surface area contributed by atoms with Crippen molar-refractivity contribution >= 4 is 27.0 Å². The topological polar surface area (TPSA) is 99.3 Å². The lowest BCUT2D eigenvalue weighted by Gasteiger charge is -2.15. The van der Waals surface area contributed by atoms with Crippen molar-refractivity contribution in [1.82, 2.24) is 23.6 Å². The van der Waals surface area contributed by atoms with Crippen molar-refractivity contribution < 1.29 is 31.2 Å². The van der Waals surface area contributed by atoms with Crippen LogP contribution in [0, 0.1) is 0 Å². The summed E-state index contributed by atoms with van der Waals surface area (Å²) < 4.78 is 69.8. The molecule has 2 aromatic carbocycles. The molecular weight excluding hydrogens is 583 g/mol. The second kappa shape index (κ2) is 11.3. The molecule has 0 unspecified atom stereocenters. The lowest BCUT2D eigenvalue weighted by Crippen LogP contribution is -2.34. The molecule has 222 valence electrons. The van der Waals surface area contributed by atoms with Crippen molar-refractivity contribution in [2.75, 3.05) is 13.1 Å². The Hall–Kier alpha value is -4.49. The highest BCUT2D eigenvalue weighted by Crippen LogP contribution is 2.32. The summed E-state index contributed by atoms with van der Waals surface area (Å²) in [5.74, 6) is -1.72. The van der Waals surface area contributed by atoms with Gasteiger partial charge in [0.15, 0.2) is 5.65 Å². The Morgan fingerprint density at radius 1 is 0.930 bits per heavy atom. The maximum atomic E-state index is 13.3. The molecule has 0 N–H and O–H groups in total. The van der Waals surface area contributed by atoms with Gasteiger partial charge >= 0.3 is 12.1 Å². The molecule has 1 aliphatic rings. The number of carbonyl (C=O) groups excluding carboxylic acids is 1. The Kier molecular flexibility index (Phi) is 7.52. The Balaban J connectivity index is 1.39. The van der Waals surface area contributed by atoms with Crippen LogP contribution in [0.4, 0.5) is 13.2 Å². The number of imidazole rings is 1. The zero-order valence-electron chi connectivity index (χ0n) is 22.7. The number of sulfonamides is 1. The lowest BCUT2D eigenvalue weighted by atomic mass is 10.0. The van der Waals surface area contributed by atoms with Crippen LogP contribution in [0.2, 0.25) is 0 Å². The number of hydrogen-bond acceptors (Lipinski definition) is 6. The van der Waals surface area contributed by atoms with Gasteiger partial charge in [0.2, 0.25) is 10.0 Å². The first-order valence-electron chi connectivity index (χ1n) is 13.5. The smallest absolute Gasteiger partial charge is 0.329 e. The Labute approximate surface area is 245 Å². The second-order valence-electron chi connectivity index (χ2n) is 10.2. The van der Waals surface area contributed by atoms with E-state index in [-0.39, 0.29) is 22.8 Å². The predicted molar refractivity (Wildman–Crippen MR) is 151 cm³/mol. The van der Waals surface area contributed by atoms with Gasteiger partial charge in [-0.1, -0.05) is 42.5 Å². The first-order chi connectivity index (χ1) is 20.6. The van der Waals surface area contributed by atoms with Crippen molar-refractivity contribution in [3.8, 4) is 11.1 Å². The molecule has 1 aliphatic heterocycles. The van der Waals surface area contributed by atoms with Crippen molar-refractivity contribution in [1.29, 1.82) is 0 Å². The molecule has 1 saturated heterocycles. The maximum absolute atomic E-state index is 13.3. The standard InChI is InChI=1S/C30H26F3N5O4S/c31-30(32,33)29(39)42-38-23(20-36-17-14-34-27(36)18-21-6-2-1-3-7-21)19-26-25(12-13-35-28(26)38)22-8-10-24(11-9-22)43(40,41)37-15-4-5-16-37/h1-3,6-14,17,19H,4-5,15-16,18,20H2. The number of fused-ring (bicyclic) bond motifs is 1. The molecule has 43 heavy (non-hydrogen) atoms. The SMILES string of the molecule is O=C(On1c(Cn2ccnc2Cc2ccccc2)cc2c(-c3ccc(S(=O)(=O)N4CCCC4)cc3)ccnc21)C(F)(F)F. The van der Waals surface area contributed by atoms with Gasteiger partial charge in [0.05, 0.1) is 17.1 Å². The maximum Gasteiger partial charge on any atom is 0.493 e. The number of hydrogen-bond donors (Lipinski definition) is 0. The van der Waals surface area contributed by atoms with E-state index in [1.54, 1.807) is 41.2 Å².